The molecule has 1 atom stereocenters. The second kappa shape index (κ2) is 8.52. The summed E-state index contributed by atoms with van der Waals surface area (Å²) in [6.07, 6.45) is 3.11. The number of anilines is 1. The molecule has 0 aliphatic carbocycles. The summed E-state index contributed by atoms with van der Waals surface area (Å²) in [5.74, 6) is 0. The number of carbonyl (C=O) groups excluding carboxylic acids is 1. The minimum absolute atomic E-state index is 0.126. The van der Waals surface area contributed by atoms with Gasteiger partial charge in [0.05, 0.1) is 12.6 Å². The molecule has 1 aliphatic heterocycles. The van der Waals surface area contributed by atoms with Crippen molar-refractivity contribution in [2.75, 3.05) is 25.1 Å². The molecule has 0 saturated carbocycles. The van der Waals surface area contributed by atoms with Crippen LogP contribution in [0.2, 0.25) is 0 Å². The topological polar surface area (TPSA) is 62.4 Å². The number of ether oxygens (including phenoxy) is 1. The van der Waals surface area contributed by atoms with Gasteiger partial charge in [-0.1, -0.05) is 19.1 Å². The molecule has 0 bridgehead atoms. The van der Waals surface area contributed by atoms with E-state index < -0.39 is 0 Å². The van der Waals surface area contributed by atoms with Gasteiger partial charge in [-0.3, -0.25) is 0 Å². The first-order valence-electron chi connectivity index (χ1n) is 7.73. The molecule has 0 aromatic heterocycles. The highest BCUT2D eigenvalue weighted by molar-refractivity contribution is 5.74. The quantitative estimate of drug-likeness (QED) is 0.754. The Hall–Kier alpha value is -1.75. The lowest BCUT2D eigenvalue weighted by Gasteiger charge is -2.23. The van der Waals surface area contributed by atoms with Gasteiger partial charge in [-0.25, -0.2) is 4.79 Å². The predicted octanol–water partition coefficient (Wildman–Crippen LogP) is 2.49. The van der Waals surface area contributed by atoms with Gasteiger partial charge < -0.3 is 20.7 Å². The van der Waals surface area contributed by atoms with Crippen molar-refractivity contribution in [2.45, 2.75) is 38.8 Å². The Morgan fingerprint density at radius 1 is 1.33 bits per heavy atom. The number of benzene rings is 1. The van der Waals surface area contributed by atoms with Crippen LogP contribution in [0.3, 0.4) is 0 Å². The van der Waals surface area contributed by atoms with Crippen molar-refractivity contribution in [3.8, 4) is 0 Å². The van der Waals surface area contributed by atoms with Crippen molar-refractivity contribution in [3.05, 3.63) is 29.8 Å². The largest absolute Gasteiger partial charge is 0.385 e. The van der Waals surface area contributed by atoms with E-state index in [4.69, 9.17) is 4.74 Å². The molecule has 0 radical (unpaired) electrons. The summed E-state index contributed by atoms with van der Waals surface area (Å²) in [4.78, 5) is 11.8. The standard InChI is InChI=1S/C16H25N3O2/c1-2-9-17-14-7-5-13(6-8-14)11-18-16(20)19-15-4-3-10-21-12-15/h5-8,15,17H,2-4,9-12H2,1H3,(H2,18,19,20). The molecule has 2 amide bonds. The highest BCUT2D eigenvalue weighted by Crippen LogP contribution is 2.09. The fourth-order valence-corrected chi connectivity index (χ4v) is 2.28. The molecule has 2 rings (SSSR count). The second-order valence-electron chi connectivity index (χ2n) is 5.36. The van der Waals surface area contributed by atoms with Gasteiger partial charge >= 0.3 is 6.03 Å². The van der Waals surface area contributed by atoms with E-state index >= 15 is 0 Å². The first kappa shape index (κ1) is 15.6. The lowest BCUT2D eigenvalue weighted by atomic mass is 10.1. The summed E-state index contributed by atoms with van der Waals surface area (Å²) in [6.45, 7) is 5.07. The van der Waals surface area contributed by atoms with E-state index in [1.54, 1.807) is 0 Å². The molecule has 5 heteroatoms. The average molecular weight is 291 g/mol. The number of nitrogens with one attached hydrogen (secondary N) is 3. The molecule has 1 aromatic carbocycles. The lowest BCUT2D eigenvalue weighted by Crippen LogP contribution is -2.45. The van der Waals surface area contributed by atoms with Gasteiger partial charge in [0.1, 0.15) is 0 Å². The summed E-state index contributed by atoms with van der Waals surface area (Å²) in [6, 6.07) is 8.15. The van der Waals surface area contributed by atoms with Crippen LogP contribution in [-0.2, 0) is 11.3 Å². The van der Waals surface area contributed by atoms with E-state index in [-0.39, 0.29) is 12.1 Å². The third-order valence-electron chi connectivity index (χ3n) is 3.48. The van der Waals surface area contributed by atoms with Crippen LogP contribution in [0.25, 0.3) is 0 Å². The van der Waals surface area contributed by atoms with Gasteiger partial charge in [-0.2, -0.15) is 0 Å². The maximum Gasteiger partial charge on any atom is 0.315 e. The Bertz CT molecular complexity index is 428. The first-order valence-corrected chi connectivity index (χ1v) is 7.73. The summed E-state index contributed by atoms with van der Waals surface area (Å²) in [5.41, 5.74) is 2.21. The summed E-state index contributed by atoms with van der Waals surface area (Å²) in [5, 5.41) is 9.15. The van der Waals surface area contributed by atoms with Crippen LogP contribution in [0, 0.1) is 0 Å². The van der Waals surface area contributed by atoms with E-state index in [1.165, 1.54) is 0 Å². The SMILES string of the molecule is CCCNc1ccc(CNC(=O)NC2CCCOC2)cc1. The van der Waals surface area contributed by atoms with Gasteiger partial charge in [0, 0.05) is 25.4 Å². The molecule has 116 valence electrons. The predicted molar refractivity (Wildman–Crippen MR) is 84.4 cm³/mol. The van der Waals surface area contributed by atoms with Crippen LogP contribution < -0.4 is 16.0 Å². The molecule has 1 heterocycles. The van der Waals surface area contributed by atoms with Crippen molar-refractivity contribution >= 4 is 11.7 Å². The number of hydrogen-bond donors (Lipinski definition) is 3. The smallest absolute Gasteiger partial charge is 0.315 e. The normalized spacial score (nSPS) is 18.0. The number of rotatable bonds is 6. The van der Waals surface area contributed by atoms with Crippen LogP contribution in [0.15, 0.2) is 24.3 Å². The van der Waals surface area contributed by atoms with Gasteiger partial charge in [0.2, 0.25) is 0 Å². The molecule has 1 saturated heterocycles. The third-order valence-corrected chi connectivity index (χ3v) is 3.48. The molecular weight excluding hydrogens is 266 g/mol. The number of hydrogen-bond acceptors (Lipinski definition) is 3. The zero-order valence-electron chi connectivity index (χ0n) is 12.7. The molecule has 0 spiro atoms. The fourth-order valence-electron chi connectivity index (χ4n) is 2.28. The van der Waals surface area contributed by atoms with E-state index in [0.717, 1.165) is 43.7 Å². The van der Waals surface area contributed by atoms with Gasteiger partial charge in [-0.15, -0.1) is 0 Å². The molecule has 1 aliphatic rings. The minimum atomic E-state index is -0.126. The molecule has 1 fully saturated rings. The number of amides is 2. The van der Waals surface area contributed by atoms with Gasteiger partial charge in [0.25, 0.3) is 0 Å². The summed E-state index contributed by atoms with van der Waals surface area (Å²) in [7, 11) is 0. The highest BCUT2D eigenvalue weighted by Gasteiger charge is 2.15. The van der Waals surface area contributed by atoms with E-state index in [1.807, 2.05) is 24.3 Å². The summed E-state index contributed by atoms with van der Waals surface area (Å²) < 4.78 is 5.34. The second-order valence-corrected chi connectivity index (χ2v) is 5.36. The van der Waals surface area contributed by atoms with Crippen LogP contribution in [0.1, 0.15) is 31.7 Å². The Morgan fingerprint density at radius 2 is 2.14 bits per heavy atom. The van der Waals surface area contributed by atoms with Crippen LogP contribution in [0.5, 0.6) is 0 Å². The minimum Gasteiger partial charge on any atom is -0.385 e. The van der Waals surface area contributed by atoms with Crippen molar-refractivity contribution in [2.24, 2.45) is 0 Å². The van der Waals surface area contributed by atoms with E-state index in [9.17, 15) is 4.79 Å². The number of urea groups is 1. The van der Waals surface area contributed by atoms with Crippen molar-refractivity contribution < 1.29 is 9.53 Å². The maximum atomic E-state index is 11.8. The zero-order chi connectivity index (χ0) is 14.9. The van der Waals surface area contributed by atoms with Crippen LogP contribution in [0.4, 0.5) is 10.5 Å². The van der Waals surface area contributed by atoms with Gasteiger partial charge in [0.15, 0.2) is 0 Å². The highest BCUT2D eigenvalue weighted by atomic mass is 16.5. The Kier molecular flexibility index (Phi) is 6.34. The molecule has 1 aromatic rings. The summed E-state index contributed by atoms with van der Waals surface area (Å²) >= 11 is 0. The van der Waals surface area contributed by atoms with Crippen molar-refractivity contribution in [1.29, 1.82) is 0 Å². The van der Waals surface area contributed by atoms with Crippen LogP contribution in [-0.4, -0.2) is 31.8 Å². The molecule has 1 unspecified atom stereocenters. The lowest BCUT2D eigenvalue weighted by molar-refractivity contribution is 0.0732. The molecule has 3 N–H and O–H groups in total. The van der Waals surface area contributed by atoms with Gasteiger partial charge in [-0.05, 0) is 37.0 Å². The van der Waals surface area contributed by atoms with Crippen molar-refractivity contribution in [1.82, 2.24) is 10.6 Å². The Morgan fingerprint density at radius 3 is 2.81 bits per heavy atom. The van der Waals surface area contributed by atoms with E-state index in [0.29, 0.717) is 13.2 Å². The zero-order valence-corrected chi connectivity index (χ0v) is 12.7. The molecule has 5 nitrogen and oxygen atoms in total. The number of carbonyl (C=O) groups is 1. The van der Waals surface area contributed by atoms with E-state index in [2.05, 4.69) is 22.9 Å². The fraction of sp³-hybridized carbons (Fsp3) is 0.562. The first-order chi connectivity index (χ1) is 10.3. The third kappa shape index (κ3) is 5.63. The maximum absolute atomic E-state index is 11.8. The Labute approximate surface area is 126 Å². The van der Waals surface area contributed by atoms with Crippen molar-refractivity contribution in [3.63, 3.8) is 0 Å². The van der Waals surface area contributed by atoms with Crippen LogP contribution >= 0.6 is 0 Å². The molecular formula is C16H25N3O2. The average Bonchev–Trinajstić information content (AvgIpc) is 2.53. The Balaban J connectivity index is 1.70. The monoisotopic (exact) mass is 291 g/mol. The molecule has 21 heavy (non-hydrogen) atoms.